The van der Waals surface area contributed by atoms with Gasteiger partial charge in [0.05, 0.1) is 0 Å². The van der Waals surface area contributed by atoms with Gasteiger partial charge in [0.2, 0.25) is 0 Å². The van der Waals surface area contributed by atoms with Gasteiger partial charge in [-0.3, -0.25) is 0 Å². The van der Waals surface area contributed by atoms with Crippen LogP contribution in [0.15, 0.2) is 22.6 Å². The van der Waals surface area contributed by atoms with Gasteiger partial charge in [0.25, 0.3) is 0 Å². The summed E-state index contributed by atoms with van der Waals surface area (Å²) in [4.78, 5) is 4.69. The maximum absolute atomic E-state index is 6.13. The topological polar surface area (TPSA) is 52.0 Å². The lowest BCUT2D eigenvalue weighted by Gasteiger charge is -2.36. The van der Waals surface area contributed by atoms with Crippen molar-refractivity contribution < 1.29 is 4.42 Å². The normalized spacial score (nSPS) is 22.2. The van der Waals surface area contributed by atoms with Crippen LogP contribution in [-0.4, -0.2) is 11.5 Å². The van der Waals surface area contributed by atoms with E-state index in [0.29, 0.717) is 5.92 Å². The van der Waals surface area contributed by atoms with Crippen molar-refractivity contribution in [3.63, 3.8) is 0 Å². The predicted molar refractivity (Wildman–Crippen MR) is 79.8 cm³/mol. The Kier molecular flexibility index (Phi) is 2.84. The third-order valence-electron chi connectivity index (χ3n) is 5.14. The molecule has 0 radical (unpaired) electrons. The summed E-state index contributed by atoms with van der Waals surface area (Å²) in [5.41, 5.74) is 9.62. The number of oxazole rings is 1. The molecule has 0 spiro atoms. The number of fused-ring (bicyclic) bond motifs is 1. The first-order chi connectivity index (χ1) is 9.81. The second kappa shape index (κ2) is 4.59. The fourth-order valence-electron chi connectivity index (χ4n) is 3.62. The molecule has 0 saturated heterocycles. The molecule has 1 aromatic carbocycles. The third kappa shape index (κ3) is 1.96. The first-order valence-corrected chi connectivity index (χ1v) is 7.92. The molecule has 106 valence electrons. The molecule has 2 saturated carbocycles. The molecule has 2 aliphatic rings. The number of nitrogens with zero attached hydrogens (tertiary/aromatic N) is 1. The lowest BCUT2D eigenvalue weighted by Crippen LogP contribution is -2.37. The second-order valence-electron chi connectivity index (χ2n) is 6.55. The minimum Gasteiger partial charge on any atom is -0.440 e. The smallest absolute Gasteiger partial charge is 0.198 e. The molecule has 2 fully saturated rings. The molecule has 0 bridgehead atoms. The summed E-state index contributed by atoms with van der Waals surface area (Å²) in [5, 5.41) is 0. The first-order valence-electron chi connectivity index (χ1n) is 7.92. The van der Waals surface area contributed by atoms with Crippen LogP contribution in [0.2, 0.25) is 0 Å². The summed E-state index contributed by atoms with van der Waals surface area (Å²) in [6, 6.07) is 6.53. The highest BCUT2D eigenvalue weighted by Crippen LogP contribution is 2.42. The van der Waals surface area contributed by atoms with Crippen molar-refractivity contribution >= 4 is 11.1 Å². The minimum absolute atomic E-state index is 0.172. The van der Waals surface area contributed by atoms with Crippen LogP contribution < -0.4 is 5.73 Å². The molecule has 20 heavy (non-hydrogen) atoms. The Morgan fingerprint density at radius 3 is 2.70 bits per heavy atom. The summed E-state index contributed by atoms with van der Waals surface area (Å²) in [6.45, 7) is 0.742. The highest BCUT2D eigenvalue weighted by molar-refractivity contribution is 5.74. The zero-order valence-corrected chi connectivity index (χ0v) is 11.9. The Labute approximate surface area is 119 Å². The fraction of sp³-hybridized carbons (Fsp3) is 0.588. The Bertz CT molecular complexity index is 621. The fourth-order valence-corrected chi connectivity index (χ4v) is 3.62. The van der Waals surface area contributed by atoms with E-state index in [9.17, 15) is 0 Å². The van der Waals surface area contributed by atoms with Gasteiger partial charge in [-0.15, -0.1) is 0 Å². The number of benzene rings is 1. The van der Waals surface area contributed by atoms with E-state index in [4.69, 9.17) is 10.2 Å². The molecule has 0 amide bonds. The first kappa shape index (κ1) is 12.4. The van der Waals surface area contributed by atoms with E-state index in [1.807, 2.05) is 0 Å². The van der Waals surface area contributed by atoms with Gasteiger partial charge >= 0.3 is 0 Å². The zero-order chi connectivity index (χ0) is 13.6. The van der Waals surface area contributed by atoms with E-state index in [-0.39, 0.29) is 5.41 Å². The van der Waals surface area contributed by atoms with Crippen LogP contribution in [0.3, 0.4) is 0 Å². The SMILES string of the molecule is NCC1(c2ccc3oc(C4CC4)nc3c2)CCCCC1. The Morgan fingerprint density at radius 1 is 1.20 bits per heavy atom. The molecule has 4 rings (SSSR count). The maximum Gasteiger partial charge on any atom is 0.198 e. The van der Waals surface area contributed by atoms with Crippen molar-refractivity contribution in [2.24, 2.45) is 5.73 Å². The van der Waals surface area contributed by atoms with Crippen molar-refractivity contribution in [1.29, 1.82) is 0 Å². The monoisotopic (exact) mass is 270 g/mol. The molecule has 3 nitrogen and oxygen atoms in total. The van der Waals surface area contributed by atoms with E-state index in [1.54, 1.807) is 0 Å². The average Bonchev–Trinajstić information content (AvgIpc) is 3.27. The van der Waals surface area contributed by atoms with Gasteiger partial charge in [-0.25, -0.2) is 4.98 Å². The summed E-state index contributed by atoms with van der Waals surface area (Å²) < 4.78 is 5.86. The number of hydrogen-bond acceptors (Lipinski definition) is 3. The Morgan fingerprint density at radius 2 is 2.00 bits per heavy atom. The molecule has 0 atom stereocenters. The number of hydrogen-bond donors (Lipinski definition) is 1. The van der Waals surface area contributed by atoms with Crippen molar-refractivity contribution in [1.82, 2.24) is 4.98 Å². The van der Waals surface area contributed by atoms with Gasteiger partial charge in [0.1, 0.15) is 5.52 Å². The lowest BCUT2D eigenvalue weighted by molar-refractivity contribution is 0.301. The maximum atomic E-state index is 6.13. The van der Waals surface area contributed by atoms with E-state index in [2.05, 4.69) is 23.2 Å². The predicted octanol–water partition coefficient (Wildman–Crippen LogP) is 3.87. The molecular weight excluding hydrogens is 248 g/mol. The largest absolute Gasteiger partial charge is 0.440 e. The molecular formula is C17H22N2O. The molecule has 0 unspecified atom stereocenters. The second-order valence-corrected chi connectivity index (χ2v) is 6.55. The van der Waals surface area contributed by atoms with Gasteiger partial charge < -0.3 is 10.2 Å². The summed E-state index contributed by atoms with van der Waals surface area (Å²) >= 11 is 0. The quantitative estimate of drug-likeness (QED) is 0.921. The van der Waals surface area contributed by atoms with E-state index in [0.717, 1.165) is 23.5 Å². The molecule has 1 heterocycles. The van der Waals surface area contributed by atoms with Crippen LogP contribution in [0.4, 0.5) is 0 Å². The van der Waals surface area contributed by atoms with Crippen LogP contribution in [0, 0.1) is 0 Å². The molecule has 2 aromatic rings. The number of aromatic nitrogens is 1. The Balaban J connectivity index is 1.74. The molecule has 1 aromatic heterocycles. The van der Waals surface area contributed by atoms with Crippen molar-refractivity contribution in [2.45, 2.75) is 56.3 Å². The molecule has 3 heteroatoms. The van der Waals surface area contributed by atoms with Crippen LogP contribution in [0.25, 0.3) is 11.1 Å². The van der Waals surface area contributed by atoms with Gasteiger partial charge in [-0.05, 0) is 43.4 Å². The standard InChI is InChI=1S/C17H22N2O/c18-11-17(8-2-1-3-9-17)13-6-7-15-14(10-13)19-16(20-15)12-4-5-12/h6-7,10,12H,1-5,8-9,11,18H2. The van der Waals surface area contributed by atoms with Crippen LogP contribution in [0.5, 0.6) is 0 Å². The zero-order valence-electron chi connectivity index (χ0n) is 11.9. The molecule has 0 aliphatic heterocycles. The van der Waals surface area contributed by atoms with E-state index in [1.165, 1.54) is 50.5 Å². The van der Waals surface area contributed by atoms with E-state index >= 15 is 0 Å². The summed E-state index contributed by atoms with van der Waals surface area (Å²) in [6.07, 6.45) is 8.81. The van der Waals surface area contributed by atoms with Gasteiger partial charge in [-0.1, -0.05) is 25.3 Å². The van der Waals surface area contributed by atoms with Crippen LogP contribution in [-0.2, 0) is 5.41 Å². The summed E-state index contributed by atoms with van der Waals surface area (Å²) in [5.74, 6) is 1.51. The van der Waals surface area contributed by atoms with Gasteiger partial charge in [0, 0.05) is 17.9 Å². The van der Waals surface area contributed by atoms with Crippen molar-refractivity contribution in [3.8, 4) is 0 Å². The molecule has 2 N–H and O–H groups in total. The van der Waals surface area contributed by atoms with Crippen molar-refractivity contribution in [2.75, 3.05) is 6.54 Å². The minimum atomic E-state index is 0.172. The third-order valence-corrected chi connectivity index (χ3v) is 5.14. The van der Waals surface area contributed by atoms with E-state index < -0.39 is 0 Å². The van der Waals surface area contributed by atoms with Gasteiger partial charge in [0.15, 0.2) is 11.5 Å². The molecule has 2 aliphatic carbocycles. The van der Waals surface area contributed by atoms with Gasteiger partial charge in [-0.2, -0.15) is 0 Å². The highest BCUT2D eigenvalue weighted by Gasteiger charge is 2.33. The number of rotatable bonds is 3. The Hall–Kier alpha value is -1.35. The van der Waals surface area contributed by atoms with Crippen LogP contribution in [0.1, 0.15) is 62.3 Å². The summed E-state index contributed by atoms with van der Waals surface area (Å²) in [7, 11) is 0. The highest BCUT2D eigenvalue weighted by atomic mass is 16.3. The number of nitrogens with two attached hydrogens (primary N) is 1. The van der Waals surface area contributed by atoms with Crippen molar-refractivity contribution in [3.05, 3.63) is 29.7 Å². The average molecular weight is 270 g/mol. The van der Waals surface area contributed by atoms with Crippen LogP contribution >= 0.6 is 0 Å². The lowest BCUT2D eigenvalue weighted by atomic mass is 9.69.